The van der Waals surface area contributed by atoms with E-state index in [4.69, 9.17) is 4.74 Å². The summed E-state index contributed by atoms with van der Waals surface area (Å²) in [6.07, 6.45) is 1.41. The molecule has 0 aliphatic carbocycles. The Balaban J connectivity index is 1.63. The summed E-state index contributed by atoms with van der Waals surface area (Å²) < 4.78 is 6.25. The number of rotatable bonds is 6. The van der Waals surface area contributed by atoms with Gasteiger partial charge in [-0.15, -0.1) is 0 Å². The molecular weight excluding hydrogens is 498 g/mol. The molecule has 7 nitrogen and oxygen atoms in total. The molecule has 3 rings (SSSR count). The zero-order valence-electron chi connectivity index (χ0n) is 19.0. The maximum Gasteiger partial charge on any atom is 0.316 e. The van der Waals surface area contributed by atoms with Crippen LogP contribution in [0.4, 0.5) is 5.69 Å². The van der Waals surface area contributed by atoms with Crippen molar-refractivity contribution in [2.45, 2.75) is 20.8 Å². The van der Waals surface area contributed by atoms with Crippen LogP contribution < -0.4 is 15.5 Å². The van der Waals surface area contributed by atoms with Crippen molar-refractivity contribution in [2.75, 3.05) is 5.32 Å². The summed E-state index contributed by atoms with van der Waals surface area (Å²) >= 11 is 3.38. The van der Waals surface area contributed by atoms with E-state index < -0.39 is 11.3 Å². The van der Waals surface area contributed by atoms with Crippen LogP contribution in [0, 0.1) is 5.41 Å². The van der Waals surface area contributed by atoms with E-state index >= 15 is 0 Å². The maximum absolute atomic E-state index is 12.4. The molecule has 2 N–H and O–H groups in total. The lowest BCUT2D eigenvalue weighted by Gasteiger charge is -2.17. The Morgan fingerprint density at radius 3 is 2.18 bits per heavy atom. The lowest BCUT2D eigenvalue weighted by atomic mass is 9.97. The number of nitrogens with one attached hydrogen (secondary N) is 2. The third kappa shape index (κ3) is 6.86. The highest BCUT2D eigenvalue weighted by Gasteiger charge is 2.24. The number of hydrazone groups is 1. The molecule has 0 aromatic heterocycles. The lowest BCUT2D eigenvalue weighted by molar-refractivity contribution is -0.143. The molecule has 8 heteroatoms. The van der Waals surface area contributed by atoms with Gasteiger partial charge in [0.15, 0.2) is 0 Å². The molecule has 0 bridgehead atoms. The number of nitrogens with zero attached hydrogens (tertiary/aromatic N) is 1. The van der Waals surface area contributed by atoms with Gasteiger partial charge in [-0.2, -0.15) is 5.10 Å². The molecule has 0 heterocycles. The number of anilines is 1. The van der Waals surface area contributed by atoms with Gasteiger partial charge < -0.3 is 10.1 Å². The van der Waals surface area contributed by atoms with Gasteiger partial charge in [-0.05, 0) is 75.4 Å². The van der Waals surface area contributed by atoms with E-state index in [1.807, 2.05) is 6.07 Å². The fraction of sp³-hybridized carbons (Fsp3) is 0.154. The molecule has 3 aromatic rings. The molecule has 0 saturated heterocycles. The van der Waals surface area contributed by atoms with E-state index in [0.29, 0.717) is 28.1 Å². The minimum atomic E-state index is -0.664. The molecule has 0 atom stereocenters. The lowest BCUT2D eigenvalue weighted by Crippen LogP contribution is -2.26. The van der Waals surface area contributed by atoms with Crippen LogP contribution in [-0.4, -0.2) is 24.0 Å². The molecule has 0 spiro atoms. The number of halogens is 1. The van der Waals surface area contributed by atoms with Crippen molar-refractivity contribution >= 4 is 45.6 Å². The first kappa shape index (κ1) is 24.9. The van der Waals surface area contributed by atoms with Crippen molar-refractivity contribution in [1.29, 1.82) is 0 Å². The van der Waals surface area contributed by atoms with E-state index in [-0.39, 0.29) is 11.9 Å². The third-order valence-corrected chi connectivity index (χ3v) is 5.09. The van der Waals surface area contributed by atoms with Gasteiger partial charge in [0.2, 0.25) is 0 Å². The number of amides is 2. The predicted molar refractivity (Wildman–Crippen MR) is 135 cm³/mol. The largest absolute Gasteiger partial charge is 0.425 e. The number of benzene rings is 3. The van der Waals surface area contributed by atoms with Crippen LogP contribution in [0.3, 0.4) is 0 Å². The molecule has 0 radical (unpaired) electrons. The van der Waals surface area contributed by atoms with Crippen LogP contribution in [0.25, 0.3) is 0 Å². The van der Waals surface area contributed by atoms with Gasteiger partial charge in [0.05, 0.1) is 11.6 Å². The molecule has 0 fully saturated rings. The van der Waals surface area contributed by atoms with Gasteiger partial charge in [-0.1, -0.05) is 34.1 Å². The van der Waals surface area contributed by atoms with Crippen molar-refractivity contribution in [3.05, 3.63) is 94.0 Å². The molecule has 3 aromatic carbocycles. The Labute approximate surface area is 206 Å². The molecule has 0 aliphatic heterocycles. The van der Waals surface area contributed by atoms with E-state index in [1.54, 1.807) is 87.5 Å². The Morgan fingerprint density at radius 2 is 1.53 bits per heavy atom. The number of esters is 1. The second kappa shape index (κ2) is 10.9. The van der Waals surface area contributed by atoms with Crippen molar-refractivity contribution in [3.63, 3.8) is 0 Å². The van der Waals surface area contributed by atoms with Gasteiger partial charge >= 0.3 is 5.97 Å². The highest BCUT2D eigenvalue weighted by Crippen LogP contribution is 2.25. The topological polar surface area (TPSA) is 96.9 Å². The minimum Gasteiger partial charge on any atom is -0.425 e. The van der Waals surface area contributed by atoms with Gasteiger partial charge in [-0.25, -0.2) is 5.43 Å². The van der Waals surface area contributed by atoms with E-state index in [2.05, 4.69) is 31.8 Å². The summed E-state index contributed by atoms with van der Waals surface area (Å²) in [5, 5.41) is 6.77. The standard InChI is InChI=1S/C26H24BrN3O4/c1-26(2,3)25(33)34-22-14-11-20(27)15-19(22)16-28-30-24(32)18-9-12-21(13-10-18)29-23(31)17-7-5-4-6-8-17/h4-16H,1-3H3,(H,29,31)(H,30,32)/b28-16-. The normalized spacial score (nSPS) is 11.2. The van der Waals surface area contributed by atoms with Crippen LogP contribution in [0.1, 0.15) is 47.1 Å². The van der Waals surface area contributed by atoms with E-state index in [0.717, 1.165) is 4.47 Å². The average molecular weight is 522 g/mol. The fourth-order valence-electron chi connectivity index (χ4n) is 2.69. The van der Waals surface area contributed by atoms with Gasteiger partial charge in [-0.3, -0.25) is 14.4 Å². The second-order valence-corrected chi connectivity index (χ2v) is 9.33. The monoisotopic (exact) mass is 521 g/mol. The molecule has 0 unspecified atom stereocenters. The van der Waals surface area contributed by atoms with Crippen molar-refractivity contribution in [1.82, 2.24) is 5.43 Å². The fourth-order valence-corrected chi connectivity index (χ4v) is 3.07. The van der Waals surface area contributed by atoms with E-state index in [9.17, 15) is 14.4 Å². The van der Waals surface area contributed by atoms with Crippen molar-refractivity contribution in [3.8, 4) is 5.75 Å². The number of ether oxygens (including phenoxy) is 1. The Bertz CT molecular complexity index is 1220. The summed E-state index contributed by atoms with van der Waals surface area (Å²) in [5.41, 5.74) is 3.77. The Kier molecular flexibility index (Phi) is 7.96. The smallest absolute Gasteiger partial charge is 0.316 e. The number of hydrogen-bond donors (Lipinski definition) is 2. The van der Waals surface area contributed by atoms with Crippen LogP contribution >= 0.6 is 15.9 Å². The summed E-state index contributed by atoms with van der Waals surface area (Å²) in [6, 6.07) is 20.4. The second-order valence-electron chi connectivity index (χ2n) is 8.42. The van der Waals surface area contributed by atoms with Crippen LogP contribution in [0.5, 0.6) is 5.75 Å². The van der Waals surface area contributed by atoms with Crippen LogP contribution in [0.2, 0.25) is 0 Å². The first-order valence-electron chi connectivity index (χ1n) is 10.5. The number of carbonyl (C=O) groups is 3. The highest BCUT2D eigenvalue weighted by molar-refractivity contribution is 9.10. The molecule has 0 aliphatic rings. The SMILES string of the molecule is CC(C)(C)C(=O)Oc1ccc(Br)cc1/C=N\NC(=O)c1ccc(NC(=O)c2ccccc2)cc1. The maximum atomic E-state index is 12.4. The quantitative estimate of drug-likeness (QED) is 0.196. The third-order valence-electron chi connectivity index (χ3n) is 4.60. The molecule has 0 saturated carbocycles. The first-order valence-corrected chi connectivity index (χ1v) is 11.2. The molecule has 2 amide bonds. The molecular formula is C26H24BrN3O4. The van der Waals surface area contributed by atoms with Crippen LogP contribution in [-0.2, 0) is 4.79 Å². The van der Waals surface area contributed by atoms with Gasteiger partial charge in [0.1, 0.15) is 5.75 Å². The predicted octanol–water partition coefficient (Wildman–Crippen LogP) is 5.42. The summed E-state index contributed by atoms with van der Waals surface area (Å²) in [5.74, 6) is -0.715. The average Bonchev–Trinajstić information content (AvgIpc) is 2.81. The summed E-state index contributed by atoms with van der Waals surface area (Å²) in [4.78, 5) is 36.9. The number of hydrogen-bond acceptors (Lipinski definition) is 5. The summed E-state index contributed by atoms with van der Waals surface area (Å²) in [6.45, 7) is 5.29. The zero-order valence-corrected chi connectivity index (χ0v) is 20.5. The van der Waals surface area contributed by atoms with E-state index in [1.165, 1.54) is 6.21 Å². The number of carbonyl (C=O) groups excluding carboxylic acids is 3. The Morgan fingerprint density at radius 1 is 0.882 bits per heavy atom. The van der Waals surface area contributed by atoms with Crippen molar-refractivity contribution < 1.29 is 19.1 Å². The molecule has 34 heavy (non-hydrogen) atoms. The summed E-state index contributed by atoms with van der Waals surface area (Å²) in [7, 11) is 0. The van der Waals surface area contributed by atoms with Crippen LogP contribution in [0.15, 0.2) is 82.4 Å². The minimum absolute atomic E-state index is 0.237. The van der Waals surface area contributed by atoms with Gasteiger partial charge in [0.25, 0.3) is 11.8 Å². The highest BCUT2D eigenvalue weighted by atomic mass is 79.9. The zero-order chi connectivity index (χ0) is 24.7. The molecule has 174 valence electrons. The van der Waals surface area contributed by atoms with Crippen molar-refractivity contribution in [2.24, 2.45) is 10.5 Å². The van der Waals surface area contributed by atoms with Gasteiger partial charge in [0, 0.05) is 26.9 Å². The first-order chi connectivity index (χ1) is 16.1. The Hall–Kier alpha value is -3.78.